The van der Waals surface area contributed by atoms with Crippen LogP contribution in [0.2, 0.25) is 0 Å². The second-order valence-electron chi connectivity index (χ2n) is 18.3. The number of para-hydroxylation sites is 2. The van der Waals surface area contributed by atoms with Gasteiger partial charge >= 0.3 is 12.1 Å². The molecule has 17 heteroatoms. The molecule has 0 radical (unpaired) electrons. The SMILES string of the molecule is COC(=O)C[C@H](O)[C@H](CC(C)C)NC(=O)[C@H](C)NC(=O)C[C@H](O)[C@H](CC(C)C)NC(=O)[C@@H](Cc1c[nH]c2ccccc12)NC(=O)[C@H](Cc1c[nH]c2ccccc12)NC(=O)OC(C)(C)C. The Morgan fingerprint density at radius 2 is 1.08 bits per heavy atom. The van der Waals surface area contributed by atoms with E-state index in [9.17, 15) is 39.0 Å². The number of amides is 5. The molecule has 2 aromatic heterocycles. The summed E-state index contributed by atoms with van der Waals surface area (Å²) >= 11 is 0. The van der Waals surface area contributed by atoms with Crippen molar-refractivity contribution in [1.29, 1.82) is 0 Å². The molecular weight excluding hydrogens is 823 g/mol. The minimum atomic E-state index is -1.41. The van der Waals surface area contributed by atoms with E-state index in [1.165, 1.54) is 14.0 Å². The van der Waals surface area contributed by atoms with Crippen molar-refractivity contribution < 1.29 is 48.5 Å². The van der Waals surface area contributed by atoms with Gasteiger partial charge in [0.2, 0.25) is 23.6 Å². The van der Waals surface area contributed by atoms with Crippen molar-refractivity contribution in [3.63, 3.8) is 0 Å². The van der Waals surface area contributed by atoms with Crippen LogP contribution in [0.3, 0.4) is 0 Å². The Balaban J connectivity index is 1.55. The molecule has 5 amide bonds. The van der Waals surface area contributed by atoms with Gasteiger partial charge in [-0.3, -0.25) is 24.0 Å². The maximum atomic E-state index is 14.5. The number of ether oxygens (including phenoxy) is 2. The first-order chi connectivity index (χ1) is 30.1. The largest absolute Gasteiger partial charge is 0.469 e. The summed E-state index contributed by atoms with van der Waals surface area (Å²) in [6, 6.07) is 9.82. The molecule has 4 aromatic rings. The van der Waals surface area contributed by atoms with Gasteiger partial charge in [-0.25, -0.2) is 4.79 Å². The molecule has 0 saturated carbocycles. The predicted molar refractivity (Wildman–Crippen MR) is 243 cm³/mol. The number of hydrogen-bond acceptors (Lipinski definition) is 10. The molecule has 7 atom stereocenters. The van der Waals surface area contributed by atoms with Crippen molar-refractivity contribution in [3.05, 3.63) is 72.1 Å². The van der Waals surface area contributed by atoms with Crippen LogP contribution in [0.5, 0.6) is 0 Å². The summed E-state index contributed by atoms with van der Waals surface area (Å²) in [5.74, 6) is -3.21. The molecule has 0 aliphatic rings. The van der Waals surface area contributed by atoms with Gasteiger partial charge < -0.3 is 56.2 Å². The van der Waals surface area contributed by atoms with Crippen molar-refractivity contribution in [1.82, 2.24) is 36.6 Å². The van der Waals surface area contributed by atoms with E-state index < -0.39 is 90.1 Å². The van der Waals surface area contributed by atoms with Crippen molar-refractivity contribution in [2.45, 2.75) is 142 Å². The van der Waals surface area contributed by atoms with E-state index in [2.05, 4.69) is 41.3 Å². The van der Waals surface area contributed by atoms with Gasteiger partial charge in [0.25, 0.3) is 0 Å². The highest BCUT2D eigenvalue weighted by Gasteiger charge is 2.34. The number of carbonyl (C=O) groups is 6. The number of benzene rings is 2. The number of hydrogen-bond donors (Lipinski definition) is 9. The molecular formula is C47H67N7O10. The number of aromatic nitrogens is 2. The van der Waals surface area contributed by atoms with Crippen molar-refractivity contribution >= 4 is 57.5 Å². The van der Waals surface area contributed by atoms with E-state index in [-0.39, 0.29) is 37.5 Å². The summed E-state index contributed by atoms with van der Waals surface area (Å²) in [5.41, 5.74) is 2.28. The fraction of sp³-hybridized carbons (Fsp3) is 0.532. The zero-order valence-electron chi connectivity index (χ0n) is 38.4. The van der Waals surface area contributed by atoms with Crippen LogP contribution in [0.25, 0.3) is 21.8 Å². The maximum Gasteiger partial charge on any atom is 0.408 e. The Kier molecular flexibility index (Phi) is 18.3. The minimum absolute atomic E-state index is 0.0254. The third-order valence-corrected chi connectivity index (χ3v) is 10.6. The summed E-state index contributed by atoms with van der Waals surface area (Å²) in [7, 11) is 1.20. The second kappa shape index (κ2) is 23.1. The zero-order valence-corrected chi connectivity index (χ0v) is 38.4. The lowest BCUT2D eigenvalue weighted by Gasteiger charge is -2.29. The van der Waals surface area contributed by atoms with Gasteiger partial charge in [0.15, 0.2) is 0 Å². The summed E-state index contributed by atoms with van der Waals surface area (Å²) < 4.78 is 10.2. The number of aliphatic hydroxyl groups is 2. The molecule has 0 aliphatic carbocycles. The molecule has 350 valence electrons. The van der Waals surface area contributed by atoms with Gasteiger partial charge in [-0.2, -0.15) is 0 Å². The molecule has 0 aliphatic heterocycles. The number of H-pyrrole nitrogens is 2. The van der Waals surface area contributed by atoms with Gasteiger partial charge in [-0.1, -0.05) is 64.1 Å². The molecule has 0 unspecified atom stereocenters. The van der Waals surface area contributed by atoms with Gasteiger partial charge in [-0.15, -0.1) is 0 Å². The Labute approximate surface area is 374 Å². The van der Waals surface area contributed by atoms with Gasteiger partial charge in [0.05, 0.1) is 44.2 Å². The monoisotopic (exact) mass is 889 g/mol. The van der Waals surface area contributed by atoms with E-state index in [4.69, 9.17) is 4.74 Å². The summed E-state index contributed by atoms with van der Waals surface area (Å²) in [6.07, 6.45) is -0.0535. The molecule has 4 rings (SSSR count). The first-order valence-electron chi connectivity index (χ1n) is 21.9. The zero-order chi connectivity index (χ0) is 47.3. The van der Waals surface area contributed by atoms with E-state index in [1.54, 1.807) is 33.2 Å². The smallest absolute Gasteiger partial charge is 0.408 e. The highest BCUT2D eigenvalue weighted by Crippen LogP contribution is 2.22. The van der Waals surface area contributed by atoms with E-state index in [0.29, 0.717) is 6.42 Å². The van der Waals surface area contributed by atoms with E-state index in [1.807, 2.05) is 76.2 Å². The summed E-state index contributed by atoms with van der Waals surface area (Å²) in [4.78, 5) is 86.7. The first-order valence-corrected chi connectivity index (χ1v) is 21.9. The van der Waals surface area contributed by atoms with Gasteiger partial charge in [0.1, 0.15) is 23.7 Å². The lowest BCUT2D eigenvalue weighted by molar-refractivity contribution is -0.144. The third-order valence-electron chi connectivity index (χ3n) is 10.6. The van der Waals surface area contributed by atoms with Crippen molar-refractivity contribution in [2.75, 3.05) is 7.11 Å². The van der Waals surface area contributed by atoms with Crippen LogP contribution in [-0.2, 0) is 46.3 Å². The molecule has 0 fully saturated rings. The Morgan fingerprint density at radius 1 is 0.625 bits per heavy atom. The van der Waals surface area contributed by atoms with Gasteiger partial charge in [-0.05, 0) is 75.6 Å². The highest BCUT2D eigenvalue weighted by atomic mass is 16.6. The van der Waals surface area contributed by atoms with E-state index in [0.717, 1.165) is 32.9 Å². The van der Waals surface area contributed by atoms with Crippen LogP contribution in [0.15, 0.2) is 60.9 Å². The number of fused-ring (bicyclic) bond motifs is 2. The second-order valence-corrected chi connectivity index (χ2v) is 18.3. The minimum Gasteiger partial charge on any atom is -0.469 e. The first kappa shape index (κ1) is 50.7. The Hall–Kier alpha value is -5.94. The number of rotatable bonds is 22. The van der Waals surface area contributed by atoms with Crippen LogP contribution < -0.4 is 26.6 Å². The maximum absolute atomic E-state index is 14.5. The molecule has 2 heterocycles. The lowest BCUT2D eigenvalue weighted by atomic mass is 9.95. The normalized spacial score (nSPS) is 15.1. The Morgan fingerprint density at radius 3 is 1.56 bits per heavy atom. The Bertz CT molecular complexity index is 2210. The summed E-state index contributed by atoms with van der Waals surface area (Å²) in [6.45, 7) is 14.2. The average molecular weight is 890 g/mol. The molecule has 9 N–H and O–H groups in total. The van der Waals surface area contributed by atoms with Crippen molar-refractivity contribution in [3.8, 4) is 0 Å². The number of aromatic amines is 2. The number of esters is 1. The van der Waals surface area contributed by atoms with Crippen LogP contribution in [0.1, 0.15) is 92.2 Å². The van der Waals surface area contributed by atoms with Crippen LogP contribution in [-0.4, -0.2) is 111 Å². The number of carbonyl (C=O) groups excluding carboxylic acids is 6. The quantitative estimate of drug-likeness (QED) is 0.0512. The highest BCUT2D eigenvalue weighted by molar-refractivity contribution is 5.94. The fourth-order valence-corrected chi connectivity index (χ4v) is 7.51. The van der Waals surface area contributed by atoms with Gasteiger partial charge in [0, 0.05) is 47.0 Å². The molecule has 0 saturated heterocycles. The van der Waals surface area contributed by atoms with E-state index >= 15 is 0 Å². The predicted octanol–water partition coefficient (Wildman–Crippen LogP) is 4.05. The molecule has 0 bridgehead atoms. The molecule has 0 spiro atoms. The lowest BCUT2D eigenvalue weighted by Crippen LogP contribution is -2.58. The standard InChI is InChI=1S/C47H67N7O10/c1-26(2)18-35(39(55)22-41(57)50-28(5)43(59)51-36(19-27(3)4)40(56)23-42(58)63-9)52-44(60)37(20-29-24-48-33-16-12-10-14-31(29)33)53-45(61)38(54-46(62)64-47(6,7)8)21-30-25-49-34-17-13-11-15-32(30)34/h10-17,24-28,35-40,48-49,55-56H,18-23H2,1-9H3,(H,50,57)(H,51,59)(H,52,60)(H,53,61)(H,54,62)/t28-,35-,36-,37+,38-,39-,40-/m0/s1. The average Bonchev–Trinajstić information content (AvgIpc) is 3.82. The number of methoxy groups -OCH3 is 1. The number of aliphatic hydroxyl groups excluding tert-OH is 2. The fourth-order valence-electron chi connectivity index (χ4n) is 7.51. The molecule has 64 heavy (non-hydrogen) atoms. The molecule has 2 aromatic carbocycles. The molecule has 17 nitrogen and oxygen atoms in total. The van der Waals surface area contributed by atoms with Crippen LogP contribution in [0.4, 0.5) is 4.79 Å². The van der Waals surface area contributed by atoms with Crippen LogP contribution >= 0.6 is 0 Å². The van der Waals surface area contributed by atoms with Crippen LogP contribution in [0, 0.1) is 11.8 Å². The summed E-state index contributed by atoms with van der Waals surface area (Å²) in [5, 5.41) is 37.7. The third kappa shape index (κ3) is 15.4. The number of alkyl carbamates (subject to hydrolysis) is 1. The topological polar surface area (TPSA) is 253 Å². The van der Waals surface area contributed by atoms with Crippen molar-refractivity contribution in [2.24, 2.45) is 11.8 Å². The number of nitrogens with one attached hydrogen (secondary N) is 7.